The van der Waals surface area contributed by atoms with Crippen LogP contribution >= 0.6 is 0 Å². The van der Waals surface area contributed by atoms with Crippen LogP contribution in [0.4, 0.5) is 0 Å². The van der Waals surface area contributed by atoms with Crippen LogP contribution in [0.3, 0.4) is 0 Å². The van der Waals surface area contributed by atoms with Crippen molar-refractivity contribution < 1.29 is 4.74 Å². The second-order valence-corrected chi connectivity index (χ2v) is 5.36. The molecule has 0 aliphatic carbocycles. The minimum Gasteiger partial charge on any atom is -0.481 e. The van der Waals surface area contributed by atoms with Crippen molar-refractivity contribution >= 4 is 0 Å². The smallest absolute Gasteiger partial charge is 0.212 e. The normalized spacial score (nSPS) is 12.6. The fraction of sp³-hybridized carbons (Fsp3) is 0.467. The van der Waals surface area contributed by atoms with Crippen molar-refractivity contribution in [2.75, 3.05) is 7.11 Å². The Balaban J connectivity index is 1.98. The summed E-state index contributed by atoms with van der Waals surface area (Å²) < 4.78 is 7.01. The molecule has 114 valence electrons. The molecule has 21 heavy (non-hydrogen) atoms. The van der Waals surface area contributed by atoms with Crippen LogP contribution in [0.2, 0.25) is 0 Å². The van der Waals surface area contributed by atoms with E-state index in [1.54, 1.807) is 7.11 Å². The van der Waals surface area contributed by atoms with Gasteiger partial charge in [0.2, 0.25) is 5.88 Å². The molecule has 1 unspecified atom stereocenters. The second-order valence-electron chi connectivity index (χ2n) is 5.36. The van der Waals surface area contributed by atoms with E-state index < -0.39 is 0 Å². The molecule has 6 nitrogen and oxygen atoms in total. The molecule has 1 atom stereocenters. The molecular formula is C15H23N5O. The van der Waals surface area contributed by atoms with Gasteiger partial charge in [0.25, 0.3) is 0 Å². The monoisotopic (exact) mass is 289 g/mol. The van der Waals surface area contributed by atoms with Gasteiger partial charge in [0.05, 0.1) is 12.8 Å². The SMILES string of the molecule is COc1ccc(CC(Cc2ccn(C(C)C)n2)NN)cn1. The fourth-order valence-corrected chi connectivity index (χ4v) is 2.15. The summed E-state index contributed by atoms with van der Waals surface area (Å²) in [5, 5.41) is 4.55. The van der Waals surface area contributed by atoms with Crippen molar-refractivity contribution in [2.24, 2.45) is 5.84 Å². The Kier molecular flexibility index (Phi) is 5.30. The molecule has 2 heterocycles. The molecule has 0 saturated heterocycles. The van der Waals surface area contributed by atoms with Gasteiger partial charge in [0, 0.05) is 37.0 Å². The zero-order valence-electron chi connectivity index (χ0n) is 12.8. The van der Waals surface area contributed by atoms with Crippen LogP contribution in [-0.4, -0.2) is 27.9 Å². The van der Waals surface area contributed by atoms with Gasteiger partial charge >= 0.3 is 0 Å². The highest BCUT2D eigenvalue weighted by molar-refractivity contribution is 5.19. The van der Waals surface area contributed by atoms with Crippen molar-refractivity contribution in [1.29, 1.82) is 0 Å². The van der Waals surface area contributed by atoms with Gasteiger partial charge in [-0.3, -0.25) is 16.0 Å². The molecule has 0 aliphatic heterocycles. The minimum absolute atomic E-state index is 0.121. The van der Waals surface area contributed by atoms with E-state index >= 15 is 0 Å². The Bertz CT molecular complexity index is 549. The number of rotatable bonds is 7. The predicted molar refractivity (Wildman–Crippen MR) is 81.9 cm³/mol. The Morgan fingerprint density at radius 1 is 1.29 bits per heavy atom. The van der Waals surface area contributed by atoms with E-state index in [1.165, 1.54) is 0 Å². The minimum atomic E-state index is 0.121. The molecule has 3 N–H and O–H groups in total. The maximum absolute atomic E-state index is 5.66. The summed E-state index contributed by atoms with van der Waals surface area (Å²) in [5.41, 5.74) is 5.01. The fourth-order valence-electron chi connectivity index (χ4n) is 2.15. The molecule has 2 rings (SSSR count). The van der Waals surface area contributed by atoms with Gasteiger partial charge in [-0.2, -0.15) is 5.10 Å². The molecule has 0 amide bonds. The quantitative estimate of drug-likeness (QED) is 0.596. The first-order valence-corrected chi connectivity index (χ1v) is 7.11. The number of hydrogen-bond donors (Lipinski definition) is 2. The van der Waals surface area contributed by atoms with Crippen molar-refractivity contribution in [2.45, 2.75) is 38.8 Å². The average molecular weight is 289 g/mol. The lowest BCUT2D eigenvalue weighted by molar-refractivity contribution is 0.397. The predicted octanol–water partition coefficient (Wildman–Crippen LogP) is 1.48. The third-order valence-electron chi connectivity index (χ3n) is 3.37. The number of nitrogens with one attached hydrogen (secondary N) is 1. The van der Waals surface area contributed by atoms with Crippen LogP contribution in [-0.2, 0) is 12.8 Å². The molecular weight excluding hydrogens is 266 g/mol. The molecule has 0 aliphatic rings. The number of aromatic nitrogens is 3. The summed E-state index contributed by atoms with van der Waals surface area (Å²) in [6, 6.07) is 6.39. The van der Waals surface area contributed by atoms with Crippen LogP contribution in [0.15, 0.2) is 30.6 Å². The number of methoxy groups -OCH3 is 1. The maximum Gasteiger partial charge on any atom is 0.212 e. The summed E-state index contributed by atoms with van der Waals surface area (Å²) in [7, 11) is 1.61. The summed E-state index contributed by atoms with van der Waals surface area (Å²) in [6.45, 7) is 4.22. The van der Waals surface area contributed by atoms with Gasteiger partial charge < -0.3 is 4.74 Å². The third kappa shape index (κ3) is 4.27. The van der Waals surface area contributed by atoms with Crippen LogP contribution in [0.25, 0.3) is 0 Å². The van der Waals surface area contributed by atoms with Gasteiger partial charge in [-0.05, 0) is 31.9 Å². The lowest BCUT2D eigenvalue weighted by Gasteiger charge is -2.14. The topological polar surface area (TPSA) is 78.0 Å². The lowest BCUT2D eigenvalue weighted by atomic mass is 10.0. The molecule has 0 radical (unpaired) electrons. The van der Waals surface area contributed by atoms with Crippen molar-refractivity contribution in [3.63, 3.8) is 0 Å². The van der Waals surface area contributed by atoms with Crippen molar-refractivity contribution in [3.8, 4) is 5.88 Å². The number of pyridine rings is 1. The number of ether oxygens (including phenoxy) is 1. The summed E-state index contributed by atoms with van der Waals surface area (Å²) in [6.07, 6.45) is 5.39. The van der Waals surface area contributed by atoms with Crippen molar-refractivity contribution in [1.82, 2.24) is 20.2 Å². The van der Waals surface area contributed by atoms with E-state index in [2.05, 4.69) is 29.4 Å². The van der Waals surface area contributed by atoms with Crippen LogP contribution in [0.1, 0.15) is 31.1 Å². The summed E-state index contributed by atoms with van der Waals surface area (Å²) in [4.78, 5) is 4.21. The van der Waals surface area contributed by atoms with Gasteiger partial charge in [-0.15, -0.1) is 0 Å². The molecule has 0 aromatic carbocycles. The Morgan fingerprint density at radius 3 is 2.62 bits per heavy atom. The summed E-state index contributed by atoms with van der Waals surface area (Å²) in [5.74, 6) is 6.28. The van der Waals surface area contributed by atoms with Gasteiger partial charge in [0.1, 0.15) is 0 Å². The van der Waals surface area contributed by atoms with E-state index in [-0.39, 0.29) is 6.04 Å². The number of nitrogens with zero attached hydrogens (tertiary/aromatic N) is 3. The first-order chi connectivity index (χ1) is 10.1. The Hall–Kier alpha value is -1.92. The second kappa shape index (κ2) is 7.19. The third-order valence-corrected chi connectivity index (χ3v) is 3.37. The number of nitrogens with two attached hydrogens (primary N) is 1. The molecule has 6 heteroatoms. The highest BCUT2D eigenvalue weighted by atomic mass is 16.5. The van der Waals surface area contributed by atoms with Gasteiger partial charge in [0.15, 0.2) is 0 Å². The van der Waals surface area contributed by atoms with E-state index in [9.17, 15) is 0 Å². The van der Waals surface area contributed by atoms with E-state index in [0.29, 0.717) is 11.9 Å². The first-order valence-electron chi connectivity index (χ1n) is 7.11. The molecule has 0 fully saturated rings. The molecule has 0 saturated carbocycles. The Morgan fingerprint density at radius 2 is 2.10 bits per heavy atom. The van der Waals surface area contributed by atoms with Crippen LogP contribution in [0.5, 0.6) is 5.88 Å². The molecule has 0 spiro atoms. The largest absolute Gasteiger partial charge is 0.481 e. The highest BCUT2D eigenvalue weighted by Crippen LogP contribution is 2.11. The van der Waals surface area contributed by atoms with Crippen LogP contribution in [0, 0.1) is 0 Å². The van der Waals surface area contributed by atoms with E-state index in [0.717, 1.165) is 24.1 Å². The summed E-state index contributed by atoms with van der Waals surface area (Å²) >= 11 is 0. The maximum atomic E-state index is 5.66. The zero-order chi connectivity index (χ0) is 15.2. The molecule has 2 aromatic heterocycles. The lowest BCUT2D eigenvalue weighted by Crippen LogP contribution is -2.38. The average Bonchev–Trinajstić information content (AvgIpc) is 2.96. The molecule has 2 aromatic rings. The van der Waals surface area contributed by atoms with E-state index in [1.807, 2.05) is 35.3 Å². The van der Waals surface area contributed by atoms with E-state index in [4.69, 9.17) is 10.6 Å². The van der Waals surface area contributed by atoms with Crippen molar-refractivity contribution in [3.05, 3.63) is 41.9 Å². The Labute approximate surface area is 125 Å². The van der Waals surface area contributed by atoms with Gasteiger partial charge in [-0.25, -0.2) is 4.98 Å². The van der Waals surface area contributed by atoms with Gasteiger partial charge in [-0.1, -0.05) is 6.07 Å². The standard InChI is InChI=1S/C15H23N5O/c1-11(2)20-7-6-13(19-20)9-14(18-16)8-12-4-5-15(21-3)17-10-12/h4-7,10-11,14,18H,8-9,16H2,1-3H3. The highest BCUT2D eigenvalue weighted by Gasteiger charge is 2.12. The number of hydrazine groups is 1. The first kappa shape index (κ1) is 15.5. The zero-order valence-corrected chi connectivity index (χ0v) is 12.8. The number of hydrogen-bond acceptors (Lipinski definition) is 5. The van der Waals surface area contributed by atoms with Crippen LogP contribution < -0.4 is 16.0 Å². The molecule has 0 bridgehead atoms.